The van der Waals surface area contributed by atoms with Crippen LogP contribution in [-0.4, -0.2) is 16.7 Å². The number of H-pyrrole nitrogens is 1. The van der Waals surface area contributed by atoms with Crippen LogP contribution < -0.4 is 11.5 Å². The summed E-state index contributed by atoms with van der Waals surface area (Å²) in [5.41, 5.74) is 6.29. The fourth-order valence-electron chi connectivity index (χ4n) is 2.53. The highest BCUT2D eigenvalue weighted by Crippen LogP contribution is 2.39. The lowest BCUT2D eigenvalue weighted by molar-refractivity contribution is -0.137. The quantitative estimate of drug-likeness (QED) is 0.718. The fraction of sp³-hybridized carbons (Fsp3) is 0.176. The molecule has 3 rings (SSSR count). The van der Waals surface area contributed by atoms with Crippen LogP contribution in [-0.2, 0) is 12.6 Å². The molecule has 0 saturated carbocycles. The average Bonchev–Trinajstić information content (AvgIpc) is 3.01. The Hall–Kier alpha value is -2.58. The Kier molecular flexibility index (Phi) is 5.89. The van der Waals surface area contributed by atoms with Crippen LogP contribution in [0, 0.1) is 0 Å². The van der Waals surface area contributed by atoms with Crippen LogP contribution in [0.1, 0.15) is 11.1 Å². The lowest BCUT2D eigenvalue weighted by Gasteiger charge is -2.14. The molecule has 0 amide bonds. The molecule has 0 radical (unpaired) electrons. The molecule has 1 aromatic heterocycles. The minimum Gasteiger partial charge on any atom is -0.388 e. The molecule has 138 valence electrons. The summed E-state index contributed by atoms with van der Waals surface area (Å²) in [6.45, 7) is 0.459. The average molecular weight is 386 g/mol. The molecule has 3 N–H and O–H groups in total. The van der Waals surface area contributed by atoms with Gasteiger partial charge in [0, 0.05) is 5.56 Å². The Morgan fingerprint density at radius 1 is 1.08 bits per heavy atom. The lowest BCUT2D eigenvalue weighted by atomic mass is 9.95. The summed E-state index contributed by atoms with van der Waals surface area (Å²) in [7, 11) is 0. The predicted molar refractivity (Wildman–Crippen MR) is 93.0 cm³/mol. The van der Waals surface area contributed by atoms with Gasteiger partial charge in [-0.25, -0.2) is 9.89 Å². The topological polar surface area (TPSA) is 84.9 Å². The molecule has 26 heavy (non-hydrogen) atoms. The zero-order valence-corrected chi connectivity index (χ0v) is 14.2. The first-order chi connectivity index (χ1) is 11.9. The molecular weight excluding hydrogens is 371 g/mol. The van der Waals surface area contributed by atoms with Crippen molar-refractivity contribution >= 4 is 12.4 Å². The third-order valence-electron chi connectivity index (χ3n) is 3.71. The van der Waals surface area contributed by atoms with E-state index in [2.05, 4.69) is 10.2 Å². The van der Waals surface area contributed by atoms with Crippen molar-refractivity contribution < 1.29 is 17.6 Å². The van der Waals surface area contributed by atoms with Gasteiger partial charge in [-0.15, -0.1) is 17.5 Å². The SMILES string of the molecule is Cl.NCCc1ccc(-c2cc(-c3n[nH]c(=O)o3)ccc2C(F)(F)F)cc1. The van der Waals surface area contributed by atoms with Crippen molar-refractivity contribution in [2.45, 2.75) is 12.6 Å². The molecule has 2 aromatic carbocycles. The van der Waals surface area contributed by atoms with Crippen LogP contribution in [0.25, 0.3) is 22.6 Å². The van der Waals surface area contributed by atoms with Crippen molar-refractivity contribution in [3.05, 3.63) is 64.1 Å². The Balaban J connectivity index is 0.00000243. The molecule has 9 heteroatoms. The number of nitrogens with zero attached hydrogens (tertiary/aromatic N) is 1. The van der Waals surface area contributed by atoms with Gasteiger partial charge < -0.3 is 10.2 Å². The van der Waals surface area contributed by atoms with Gasteiger partial charge in [0.05, 0.1) is 5.56 Å². The molecule has 1 heterocycles. The minimum absolute atomic E-state index is 0. The zero-order chi connectivity index (χ0) is 18.0. The predicted octanol–water partition coefficient (Wildman–Crippen LogP) is 3.64. The molecule has 0 aliphatic carbocycles. The standard InChI is InChI=1S/C17H14F3N3O2.ClH/c18-17(19,20)14-6-5-12(15-22-23-16(24)25-15)9-13(14)11-3-1-10(2-4-11)7-8-21;/h1-6,9H,7-8,21H2,(H,23,24);1H. The summed E-state index contributed by atoms with van der Waals surface area (Å²) < 4.78 is 44.9. The number of alkyl halides is 3. The van der Waals surface area contributed by atoms with Crippen molar-refractivity contribution in [1.29, 1.82) is 0 Å². The van der Waals surface area contributed by atoms with Crippen LogP contribution in [0.2, 0.25) is 0 Å². The number of aromatic nitrogens is 2. The first-order valence-electron chi connectivity index (χ1n) is 7.45. The number of aromatic amines is 1. The van der Waals surface area contributed by atoms with Gasteiger partial charge in [-0.05, 0) is 47.9 Å². The van der Waals surface area contributed by atoms with Gasteiger partial charge in [0.15, 0.2) is 0 Å². The third-order valence-corrected chi connectivity index (χ3v) is 3.71. The number of benzene rings is 2. The van der Waals surface area contributed by atoms with Gasteiger partial charge in [-0.2, -0.15) is 13.2 Å². The number of halogens is 4. The highest BCUT2D eigenvalue weighted by molar-refractivity contribution is 5.85. The van der Waals surface area contributed by atoms with Gasteiger partial charge in [-0.3, -0.25) is 0 Å². The number of hydrogen-bond acceptors (Lipinski definition) is 4. The van der Waals surface area contributed by atoms with E-state index in [4.69, 9.17) is 10.2 Å². The molecule has 5 nitrogen and oxygen atoms in total. The molecule has 3 aromatic rings. The molecule has 0 aliphatic heterocycles. The normalized spacial score (nSPS) is 11.2. The van der Waals surface area contributed by atoms with E-state index in [-0.39, 0.29) is 29.4 Å². The van der Waals surface area contributed by atoms with Crippen LogP contribution in [0.5, 0.6) is 0 Å². The van der Waals surface area contributed by atoms with Crippen LogP contribution >= 0.6 is 12.4 Å². The third kappa shape index (κ3) is 4.14. The Bertz CT molecular complexity index is 933. The highest BCUT2D eigenvalue weighted by atomic mass is 35.5. The van der Waals surface area contributed by atoms with Crippen molar-refractivity contribution in [3.63, 3.8) is 0 Å². The van der Waals surface area contributed by atoms with Gasteiger partial charge in [-0.1, -0.05) is 24.3 Å². The smallest absolute Gasteiger partial charge is 0.388 e. The molecule has 0 saturated heterocycles. The summed E-state index contributed by atoms with van der Waals surface area (Å²) in [5.74, 6) is -0.845. The monoisotopic (exact) mass is 385 g/mol. The van der Waals surface area contributed by atoms with Crippen molar-refractivity contribution in [3.8, 4) is 22.6 Å². The first kappa shape index (κ1) is 19.7. The van der Waals surface area contributed by atoms with E-state index < -0.39 is 17.5 Å². The molecule has 0 spiro atoms. The number of rotatable bonds is 4. The second kappa shape index (κ2) is 7.76. The molecule has 0 aliphatic rings. The Morgan fingerprint density at radius 2 is 1.73 bits per heavy atom. The number of nitrogens with two attached hydrogens (primary N) is 1. The second-order valence-corrected chi connectivity index (χ2v) is 5.41. The van der Waals surface area contributed by atoms with E-state index in [1.807, 2.05) is 0 Å². The van der Waals surface area contributed by atoms with Crippen LogP contribution in [0.3, 0.4) is 0 Å². The number of nitrogens with one attached hydrogen (secondary N) is 1. The largest absolute Gasteiger partial charge is 0.434 e. The van der Waals surface area contributed by atoms with Crippen LogP contribution in [0.15, 0.2) is 51.7 Å². The minimum atomic E-state index is -4.52. The highest BCUT2D eigenvalue weighted by Gasteiger charge is 2.34. The van der Waals surface area contributed by atoms with Crippen molar-refractivity contribution in [2.24, 2.45) is 5.73 Å². The second-order valence-electron chi connectivity index (χ2n) is 5.41. The Labute approximate surface area is 152 Å². The molecule has 0 unspecified atom stereocenters. The zero-order valence-electron chi connectivity index (χ0n) is 13.3. The lowest BCUT2D eigenvalue weighted by Crippen LogP contribution is -2.07. The van der Waals surface area contributed by atoms with E-state index in [9.17, 15) is 18.0 Å². The van der Waals surface area contributed by atoms with E-state index in [0.29, 0.717) is 18.5 Å². The molecular formula is C17H15ClF3N3O2. The molecule has 0 atom stereocenters. The summed E-state index contributed by atoms with van der Waals surface area (Å²) in [4.78, 5) is 11.1. The van der Waals surface area contributed by atoms with Crippen molar-refractivity contribution in [2.75, 3.05) is 6.54 Å². The van der Waals surface area contributed by atoms with E-state index in [1.165, 1.54) is 12.1 Å². The Morgan fingerprint density at radius 3 is 2.27 bits per heavy atom. The van der Waals surface area contributed by atoms with E-state index in [1.54, 1.807) is 24.3 Å². The van der Waals surface area contributed by atoms with Crippen molar-refractivity contribution in [1.82, 2.24) is 10.2 Å². The first-order valence-corrected chi connectivity index (χ1v) is 7.45. The maximum Gasteiger partial charge on any atom is 0.434 e. The fourth-order valence-corrected chi connectivity index (χ4v) is 2.53. The van der Waals surface area contributed by atoms with Crippen LogP contribution in [0.4, 0.5) is 13.2 Å². The van der Waals surface area contributed by atoms with Gasteiger partial charge in [0.2, 0.25) is 5.89 Å². The maximum absolute atomic E-state index is 13.4. The summed E-state index contributed by atoms with van der Waals surface area (Å²) in [6.07, 6.45) is -3.87. The van der Waals surface area contributed by atoms with Gasteiger partial charge in [0.25, 0.3) is 0 Å². The summed E-state index contributed by atoms with van der Waals surface area (Å²) in [5, 5.41) is 5.74. The maximum atomic E-state index is 13.4. The van der Waals surface area contributed by atoms with Gasteiger partial charge in [0.1, 0.15) is 0 Å². The molecule has 0 bridgehead atoms. The number of hydrogen-bond donors (Lipinski definition) is 2. The summed E-state index contributed by atoms with van der Waals surface area (Å²) >= 11 is 0. The van der Waals surface area contributed by atoms with E-state index >= 15 is 0 Å². The van der Waals surface area contributed by atoms with E-state index in [0.717, 1.165) is 11.6 Å². The van der Waals surface area contributed by atoms with Gasteiger partial charge >= 0.3 is 11.9 Å². The molecule has 0 fully saturated rings. The summed E-state index contributed by atoms with van der Waals surface area (Å²) in [6, 6.07) is 10.2.